The molecule has 0 aliphatic carbocycles. The molecule has 1 aliphatic rings. The Bertz CT molecular complexity index is 833. The van der Waals surface area contributed by atoms with Crippen LogP contribution in [0.5, 0.6) is 5.75 Å². The first-order chi connectivity index (χ1) is 10.5. The van der Waals surface area contributed by atoms with Crippen LogP contribution in [0.25, 0.3) is 0 Å². The van der Waals surface area contributed by atoms with Gasteiger partial charge in [0.05, 0.1) is 10.6 Å². The molecule has 114 valence electrons. The van der Waals surface area contributed by atoms with Crippen LogP contribution >= 0.6 is 0 Å². The number of hydrogen-bond donors (Lipinski definition) is 1. The molecule has 0 saturated carbocycles. The number of benzene rings is 1. The summed E-state index contributed by atoms with van der Waals surface area (Å²) in [6, 6.07) is 9.55. The number of carbonyl (C=O) groups excluding carboxylic acids is 1. The summed E-state index contributed by atoms with van der Waals surface area (Å²) in [4.78, 5) is 18.0. The Kier molecular flexibility index (Phi) is 3.58. The molecular weight excluding hydrogens is 304 g/mol. The standard InChI is InChI=1S/C15H14N2O4S/c18-12-5-3-7-16-14(12)15(19)17-8-9-22(20,21)13-6-2-1-4-11(13)10-17/h1-7,18H,8-10H2. The predicted octanol–water partition coefficient (Wildman–Crippen LogP) is 1.22. The maximum absolute atomic E-state index is 12.5. The van der Waals surface area contributed by atoms with E-state index in [0.29, 0.717) is 5.56 Å². The van der Waals surface area contributed by atoms with Gasteiger partial charge in [-0.2, -0.15) is 0 Å². The Morgan fingerprint density at radius 3 is 2.73 bits per heavy atom. The Morgan fingerprint density at radius 2 is 1.95 bits per heavy atom. The molecule has 0 unspecified atom stereocenters. The number of sulfone groups is 1. The van der Waals surface area contributed by atoms with Crippen molar-refractivity contribution in [2.45, 2.75) is 11.4 Å². The number of fused-ring (bicyclic) bond motifs is 1. The molecule has 22 heavy (non-hydrogen) atoms. The van der Waals surface area contributed by atoms with Gasteiger partial charge in [-0.3, -0.25) is 4.79 Å². The lowest BCUT2D eigenvalue weighted by molar-refractivity contribution is 0.0745. The number of aromatic hydroxyl groups is 1. The minimum Gasteiger partial charge on any atom is -0.505 e. The lowest BCUT2D eigenvalue weighted by Crippen LogP contribution is -2.33. The van der Waals surface area contributed by atoms with Crippen LogP contribution in [0.3, 0.4) is 0 Å². The van der Waals surface area contributed by atoms with Crippen molar-refractivity contribution in [3.63, 3.8) is 0 Å². The van der Waals surface area contributed by atoms with E-state index in [0.717, 1.165) is 0 Å². The van der Waals surface area contributed by atoms with E-state index in [2.05, 4.69) is 4.98 Å². The Morgan fingerprint density at radius 1 is 1.18 bits per heavy atom. The van der Waals surface area contributed by atoms with E-state index in [-0.39, 0.29) is 35.2 Å². The van der Waals surface area contributed by atoms with Crippen LogP contribution in [-0.2, 0) is 16.4 Å². The highest BCUT2D eigenvalue weighted by Crippen LogP contribution is 2.24. The first-order valence-corrected chi connectivity index (χ1v) is 8.38. The Balaban J connectivity index is 1.99. The van der Waals surface area contributed by atoms with Crippen LogP contribution in [0.4, 0.5) is 0 Å². The maximum Gasteiger partial charge on any atom is 0.276 e. The highest BCUT2D eigenvalue weighted by Gasteiger charge is 2.29. The van der Waals surface area contributed by atoms with Gasteiger partial charge < -0.3 is 10.0 Å². The molecule has 2 aromatic rings. The molecule has 0 spiro atoms. The zero-order chi connectivity index (χ0) is 15.7. The number of carbonyl (C=O) groups is 1. The number of hydrogen-bond acceptors (Lipinski definition) is 5. The lowest BCUT2D eigenvalue weighted by Gasteiger charge is -2.20. The van der Waals surface area contributed by atoms with Gasteiger partial charge >= 0.3 is 0 Å². The van der Waals surface area contributed by atoms with Crippen molar-refractivity contribution in [2.24, 2.45) is 0 Å². The summed E-state index contributed by atoms with van der Waals surface area (Å²) in [5.74, 6) is -0.846. The second-order valence-electron chi connectivity index (χ2n) is 5.02. The van der Waals surface area contributed by atoms with E-state index in [1.807, 2.05) is 0 Å². The molecular formula is C15H14N2O4S. The highest BCUT2D eigenvalue weighted by molar-refractivity contribution is 7.91. The smallest absolute Gasteiger partial charge is 0.276 e. The molecule has 1 aromatic heterocycles. The molecule has 1 aliphatic heterocycles. The van der Waals surface area contributed by atoms with Crippen molar-refractivity contribution in [3.05, 3.63) is 53.9 Å². The van der Waals surface area contributed by atoms with E-state index < -0.39 is 15.7 Å². The number of pyridine rings is 1. The SMILES string of the molecule is O=C(c1ncccc1O)N1CCS(=O)(=O)c2ccccc2C1. The third-order valence-corrected chi connectivity index (χ3v) is 5.36. The van der Waals surface area contributed by atoms with Crippen LogP contribution in [0.2, 0.25) is 0 Å². The van der Waals surface area contributed by atoms with Crippen LogP contribution in [-0.4, -0.2) is 41.6 Å². The normalized spacial score (nSPS) is 16.6. The summed E-state index contributed by atoms with van der Waals surface area (Å²) < 4.78 is 24.5. The molecule has 2 heterocycles. The topological polar surface area (TPSA) is 87.6 Å². The maximum atomic E-state index is 12.5. The summed E-state index contributed by atoms with van der Waals surface area (Å²) >= 11 is 0. The summed E-state index contributed by atoms with van der Waals surface area (Å²) in [6.07, 6.45) is 1.41. The van der Waals surface area contributed by atoms with E-state index in [1.165, 1.54) is 23.2 Å². The molecule has 3 rings (SSSR count). The van der Waals surface area contributed by atoms with Gasteiger partial charge in [-0.1, -0.05) is 18.2 Å². The third-order valence-electron chi connectivity index (χ3n) is 3.58. The van der Waals surface area contributed by atoms with Crippen LogP contribution < -0.4 is 0 Å². The molecule has 7 heteroatoms. The van der Waals surface area contributed by atoms with Crippen molar-refractivity contribution >= 4 is 15.7 Å². The van der Waals surface area contributed by atoms with Gasteiger partial charge in [0.15, 0.2) is 15.5 Å². The molecule has 0 radical (unpaired) electrons. The lowest BCUT2D eigenvalue weighted by atomic mass is 10.2. The van der Waals surface area contributed by atoms with E-state index in [4.69, 9.17) is 0 Å². The average Bonchev–Trinajstić information content (AvgIpc) is 2.64. The van der Waals surface area contributed by atoms with Crippen LogP contribution in [0.15, 0.2) is 47.5 Å². The van der Waals surface area contributed by atoms with E-state index in [9.17, 15) is 18.3 Å². The first-order valence-electron chi connectivity index (χ1n) is 6.73. The summed E-state index contributed by atoms with van der Waals surface area (Å²) in [5.41, 5.74) is 0.503. The number of aromatic nitrogens is 1. The zero-order valence-electron chi connectivity index (χ0n) is 11.6. The van der Waals surface area contributed by atoms with Crippen molar-refractivity contribution in [3.8, 4) is 5.75 Å². The fourth-order valence-corrected chi connectivity index (χ4v) is 3.95. The molecule has 0 bridgehead atoms. The van der Waals surface area contributed by atoms with Gasteiger partial charge in [-0.05, 0) is 23.8 Å². The Hall–Kier alpha value is -2.41. The second kappa shape index (κ2) is 5.42. The molecule has 0 saturated heterocycles. The molecule has 6 nitrogen and oxygen atoms in total. The van der Waals surface area contributed by atoms with Gasteiger partial charge in [0, 0.05) is 19.3 Å². The van der Waals surface area contributed by atoms with Gasteiger partial charge in [0.2, 0.25) is 0 Å². The predicted molar refractivity (Wildman–Crippen MR) is 79.1 cm³/mol. The fraction of sp³-hybridized carbons (Fsp3) is 0.200. The molecule has 0 fully saturated rings. The van der Waals surface area contributed by atoms with Crippen molar-refractivity contribution in [1.82, 2.24) is 9.88 Å². The fourth-order valence-electron chi connectivity index (χ4n) is 2.45. The minimum atomic E-state index is -3.41. The van der Waals surface area contributed by atoms with Gasteiger partial charge in [0.1, 0.15) is 5.75 Å². The summed E-state index contributed by atoms with van der Waals surface area (Å²) in [6.45, 7) is 0.232. The van der Waals surface area contributed by atoms with Crippen molar-refractivity contribution in [1.29, 1.82) is 0 Å². The summed E-state index contributed by atoms with van der Waals surface area (Å²) in [7, 11) is -3.41. The number of nitrogens with zero attached hydrogens (tertiary/aromatic N) is 2. The Labute approximate surface area is 128 Å². The quantitative estimate of drug-likeness (QED) is 0.854. The zero-order valence-corrected chi connectivity index (χ0v) is 12.5. The average molecular weight is 318 g/mol. The molecule has 1 amide bonds. The van der Waals surface area contributed by atoms with Crippen LogP contribution in [0.1, 0.15) is 16.1 Å². The number of rotatable bonds is 1. The molecule has 0 atom stereocenters. The van der Waals surface area contributed by atoms with E-state index >= 15 is 0 Å². The van der Waals surface area contributed by atoms with E-state index in [1.54, 1.807) is 24.3 Å². The highest BCUT2D eigenvalue weighted by atomic mass is 32.2. The number of amides is 1. The van der Waals surface area contributed by atoms with Gasteiger partial charge in [-0.25, -0.2) is 13.4 Å². The second-order valence-corrected chi connectivity index (χ2v) is 7.10. The molecule has 1 aromatic carbocycles. The van der Waals surface area contributed by atoms with Gasteiger partial charge in [-0.15, -0.1) is 0 Å². The largest absolute Gasteiger partial charge is 0.505 e. The van der Waals surface area contributed by atoms with Crippen LogP contribution in [0, 0.1) is 0 Å². The summed E-state index contributed by atoms with van der Waals surface area (Å²) in [5, 5.41) is 9.75. The molecule has 1 N–H and O–H groups in total. The minimum absolute atomic E-state index is 0.0614. The first kappa shape index (κ1) is 14.5. The van der Waals surface area contributed by atoms with Gasteiger partial charge in [0.25, 0.3) is 5.91 Å². The van der Waals surface area contributed by atoms with Crippen molar-refractivity contribution < 1.29 is 18.3 Å². The monoisotopic (exact) mass is 318 g/mol. The third kappa shape index (κ3) is 2.55. The van der Waals surface area contributed by atoms with Crippen molar-refractivity contribution in [2.75, 3.05) is 12.3 Å².